The normalized spacial score (nSPS) is 10.3. The van der Waals surface area contributed by atoms with Crippen LogP contribution in [0.2, 0.25) is 0 Å². The van der Waals surface area contributed by atoms with Crippen LogP contribution in [0, 0.1) is 13.5 Å². The molecule has 2 N–H and O–H groups in total. The highest BCUT2D eigenvalue weighted by Gasteiger charge is 2.13. The van der Waals surface area contributed by atoms with Gasteiger partial charge in [-0.3, -0.25) is 0 Å². The summed E-state index contributed by atoms with van der Waals surface area (Å²) in [6.45, 7) is 8.85. The third kappa shape index (κ3) is 3.21. The topological polar surface area (TPSA) is 85.4 Å². The lowest BCUT2D eigenvalue weighted by Gasteiger charge is -2.11. The third-order valence-electron chi connectivity index (χ3n) is 3.67. The van der Waals surface area contributed by atoms with Crippen LogP contribution in [0.25, 0.3) is 15.9 Å². The Balaban J connectivity index is 2.03. The van der Waals surface area contributed by atoms with Crippen LogP contribution in [0.3, 0.4) is 0 Å². The number of carbonyl (C=O) groups excluding carboxylic acids is 1. The molecule has 1 aromatic carbocycles. The number of amides is 2. The second-order valence-corrected chi connectivity index (χ2v) is 5.42. The van der Waals surface area contributed by atoms with Gasteiger partial charge in [0.15, 0.2) is 11.9 Å². The summed E-state index contributed by atoms with van der Waals surface area (Å²) in [6.07, 6.45) is 3.18. The molecule has 3 aromatic rings. The summed E-state index contributed by atoms with van der Waals surface area (Å²) in [5, 5.41) is 5.26. The Morgan fingerprint density at radius 3 is 2.80 bits per heavy atom. The molecule has 126 valence electrons. The van der Waals surface area contributed by atoms with Crippen molar-refractivity contribution < 1.29 is 9.53 Å². The van der Waals surface area contributed by atoms with Gasteiger partial charge in [-0.2, -0.15) is 0 Å². The van der Waals surface area contributed by atoms with Crippen molar-refractivity contribution in [2.24, 2.45) is 7.05 Å². The Morgan fingerprint density at radius 2 is 2.12 bits per heavy atom. The number of nitrogens with zero attached hydrogens (tertiary/aromatic N) is 4. The first-order valence-corrected chi connectivity index (χ1v) is 7.47. The number of pyridine rings is 1. The van der Waals surface area contributed by atoms with E-state index in [0.717, 1.165) is 11.1 Å². The zero-order chi connectivity index (χ0) is 18.0. The average Bonchev–Trinajstić information content (AvgIpc) is 2.98. The summed E-state index contributed by atoms with van der Waals surface area (Å²) < 4.78 is 7.76. The maximum Gasteiger partial charge on any atom is 0.319 e. The SMILES string of the molecule is [C-]#[N+]c1cc(C)c(Oc2cc(NC(=O)NC)c3ncn(C)c3c2)cn1. The number of benzene rings is 1. The molecule has 25 heavy (non-hydrogen) atoms. The van der Waals surface area contributed by atoms with Gasteiger partial charge in [0, 0.05) is 26.2 Å². The number of hydrogen-bond donors (Lipinski definition) is 2. The number of carbonyl (C=O) groups is 1. The van der Waals surface area contributed by atoms with E-state index in [9.17, 15) is 4.79 Å². The molecule has 0 fully saturated rings. The number of imidazole rings is 1. The Labute approximate surface area is 144 Å². The van der Waals surface area contributed by atoms with Crippen LogP contribution in [0.15, 0.2) is 30.7 Å². The van der Waals surface area contributed by atoms with Crippen molar-refractivity contribution >= 4 is 28.6 Å². The first kappa shape index (κ1) is 16.3. The molecule has 0 radical (unpaired) electrons. The molecule has 0 aliphatic carbocycles. The number of fused-ring (bicyclic) bond motifs is 1. The van der Waals surface area contributed by atoms with E-state index >= 15 is 0 Å². The van der Waals surface area contributed by atoms with Gasteiger partial charge < -0.3 is 24.8 Å². The van der Waals surface area contributed by atoms with E-state index in [4.69, 9.17) is 11.3 Å². The summed E-state index contributed by atoms with van der Waals surface area (Å²) in [5.74, 6) is 1.39. The molecule has 8 heteroatoms. The number of urea groups is 1. The first-order chi connectivity index (χ1) is 12.0. The van der Waals surface area contributed by atoms with Crippen molar-refractivity contribution in [2.75, 3.05) is 12.4 Å². The predicted molar refractivity (Wildman–Crippen MR) is 94.1 cm³/mol. The van der Waals surface area contributed by atoms with Crippen molar-refractivity contribution in [3.8, 4) is 11.5 Å². The van der Waals surface area contributed by atoms with Gasteiger partial charge in [0.25, 0.3) is 5.82 Å². The average molecular weight is 336 g/mol. The van der Waals surface area contributed by atoms with Crippen LogP contribution < -0.4 is 15.4 Å². The summed E-state index contributed by atoms with van der Waals surface area (Å²) in [7, 11) is 3.40. The zero-order valence-corrected chi connectivity index (χ0v) is 14.0. The van der Waals surface area contributed by atoms with Gasteiger partial charge in [0.2, 0.25) is 0 Å². The predicted octanol–water partition coefficient (Wildman–Crippen LogP) is 3.37. The van der Waals surface area contributed by atoms with Crippen LogP contribution in [-0.4, -0.2) is 27.6 Å². The minimum atomic E-state index is -0.344. The lowest BCUT2D eigenvalue weighted by molar-refractivity contribution is 0.254. The van der Waals surface area contributed by atoms with E-state index < -0.39 is 0 Å². The molecule has 8 nitrogen and oxygen atoms in total. The quantitative estimate of drug-likeness (QED) is 0.718. The number of aryl methyl sites for hydroxylation is 2. The fourth-order valence-electron chi connectivity index (χ4n) is 2.37. The number of rotatable bonds is 3. The number of nitrogens with one attached hydrogen (secondary N) is 2. The van der Waals surface area contributed by atoms with Crippen LogP contribution in [-0.2, 0) is 7.05 Å². The lowest BCUT2D eigenvalue weighted by atomic mass is 10.2. The third-order valence-corrected chi connectivity index (χ3v) is 3.67. The lowest BCUT2D eigenvalue weighted by Crippen LogP contribution is -2.24. The number of ether oxygens (including phenoxy) is 1. The molecule has 0 atom stereocenters. The Kier molecular flexibility index (Phi) is 4.22. The maximum absolute atomic E-state index is 11.7. The minimum absolute atomic E-state index is 0.314. The van der Waals surface area contributed by atoms with Crippen LogP contribution in [0.4, 0.5) is 16.3 Å². The van der Waals surface area contributed by atoms with Gasteiger partial charge in [-0.1, -0.05) is 6.57 Å². The molecule has 0 saturated carbocycles. The number of anilines is 1. The molecule has 0 unspecified atom stereocenters. The second-order valence-electron chi connectivity index (χ2n) is 5.42. The van der Waals surface area contributed by atoms with E-state index in [1.54, 1.807) is 25.5 Å². The fourth-order valence-corrected chi connectivity index (χ4v) is 2.37. The Morgan fingerprint density at radius 1 is 1.32 bits per heavy atom. The van der Waals surface area contributed by atoms with Crippen LogP contribution in [0.1, 0.15) is 5.56 Å². The minimum Gasteiger partial charge on any atom is -0.453 e. The van der Waals surface area contributed by atoms with Gasteiger partial charge in [-0.25, -0.2) is 9.78 Å². The summed E-state index contributed by atoms with van der Waals surface area (Å²) in [5.41, 5.74) is 2.81. The molecule has 0 spiro atoms. The Hall–Kier alpha value is -3.60. The maximum atomic E-state index is 11.7. The van der Waals surface area contributed by atoms with Gasteiger partial charge in [-0.05, 0) is 18.6 Å². The Bertz CT molecular complexity index is 1000. The van der Waals surface area contributed by atoms with E-state index in [1.165, 1.54) is 6.20 Å². The molecule has 0 aliphatic rings. The highest BCUT2D eigenvalue weighted by molar-refractivity contribution is 5.99. The van der Waals surface area contributed by atoms with Gasteiger partial charge in [-0.15, -0.1) is 4.98 Å². The molecule has 2 aromatic heterocycles. The number of aromatic nitrogens is 3. The zero-order valence-electron chi connectivity index (χ0n) is 14.0. The van der Waals surface area contributed by atoms with Crippen molar-refractivity contribution in [3.05, 3.63) is 47.7 Å². The molecule has 3 rings (SSSR count). The van der Waals surface area contributed by atoms with Gasteiger partial charge in [0.05, 0.1) is 17.5 Å². The van der Waals surface area contributed by atoms with Crippen LogP contribution in [0.5, 0.6) is 11.5 Å². The smallest absolute Gasteiger partial charge is 0.319 e. The monoisotopic (exact) mass is 336 g/mol. The highest BCUT2D eigenvalue weighted by Crippen LogP contribution is 2.32. The largest absolute Gasteiger partial charge is 0.453 e. The van der Waals surface area contributed by atoms with Gasteiger partial charge in [0.1, 0.15) is 11.3 Å². The number of hydrogen-bond acceptors (Lipinski definition) is 4. The fraction of sp³-hybridized carbons (Fsp3) is 0.176. The summed E-state index contributed by atoms with van der Waals surface area (Å²) in [4.78, 5) is 23.3. The molecule has 0 bridgehead atoms. The van der Waals surface area contributed by atoms with Crippen molar-refractivity contribution in [3.63, 3.8) is 0 Å². The molecule has 0 aliphatic heterocycles. The van der Waals surface area contributed by atoms with Crippen molar-refractivity contribution in [1.29, 1.82) is 0 Å². The molecule has 0 saturated heterocycles. The standard InChI is InChI=1S/C17H16N6O2/c1-10-5-15(18-2)20-8-14(10)25-11-6-12(22-17(24)19-3)16-13(7-11)23(4)9-21-16/h5-9H,1,3-4H3,(H2,19,22,24). The van der Waals surface area contributed by atoms with E-state index in [2.05, 4.69) is 25.4 Å². The van der Waals surface area contributed by atoms with E-state index in [0.29, 0.717) is 28.5 Å². The van der Waals surface area contributed by atoms with Crippen molar-refractivity contribution in [1.82, 2.24) is 19.9 Å². The van der Waals surface area contributed by atoms with Crippen molar-refractivity contribution in [2.45, 2.75) is 6.92 Å². The molecule has 2 heterocycles. The first-order valence-electron chi connectivity index (χ1n) is 7.47. The van der Waals surface area contributed by atoms with E-state index in [1.807, 2.05) is 24.6 Å². The highest BCUT2D eigenvalue weighted by atomic mass is 16.5. The molecular formula is C17H16N6O2. The van der Waals surface area contributed by atoms with Crippen LogP contribution >= 0.6 is 0 Å². The summed E-state index contributed by atoms with van der Waals surface area (Å²) in [6, 6.07) is 4.85. The van der Waals surface area contributed by atoms with E-state index in [-0.39, 0.29) is 6.03 Å². The molecular weight excluding hydrogens is 320 g/mol. The summed E-state index contributed by atoms with van der Waals surface area (Å²) >= 11 is 0. The second kappa shape index (κ2) is 6.49. The molecule has 2 amide bonds. The van der Waals surface area contributed by atoms with Gasteiger partial charge >= 0.3 is 6.03 Å².